The molecule has 1 saturated carbocycles. The molecule has 100 valence electrons. The minimum Gasteiger partial charge on any atom is -0.388 e. The summed E-state index contributed by atoms with van der Waals surface area (Å²) in [4.78, 5) is 22.9. The van der Waals surface area contributed by atoms with Crippen LogP contribution in [0.15, 0.2) is 18.2 Å². The van der Waals surface area contributed by atoms with Crippen LogP contribution in [0.5, 0.6) is 0 Å². The molecule has 5 nitrogen and oxygen atoms in total. The molecule has 3 rings (SSSR count). The Labute approximate surface area is 111 Å². The SMILES string of the molecule is CC1CC1C(O)c1ccc2c(c1)NC(=O)CC(=O)N2. The largest absolute Gasteiger partial charge is 0.388 e. The number of aliphatic hydroxyl groups is 1. The van der Waals surface area contributed by atoms with Crippen LogP contribution in [0.3, 0.4) is 0 Å². The first-order chi connectivity index (χ1) is 9.04. The monoisotopic (exact) mass is 260 g/mol. The first-order valence-corrected chi connectivity index (χ1v) is 6.46. The summed E-state index contributed by atoms with van der Waals surface area (Å²) in [6, 6.07) is 5.27. The first kappa shape index (κ1) is 12.2. The number of nitrogens with one attached hydrogen (secondary N) is 2. The van der Waals surface area contributed by atoms with Gasteiger partial charge < -0.3 is 15.7 Å². The van der Waals surface area contributed by atoms with Gasteiger partial charge in [0.1, 0.15) is 6.42 Å². The fourth-order valence-corrected chi connectivity index (χ4v) is 2.53. The number of benzene rings is 1. The van der Waals surface area contributed by atoms with Gasteiger partial charge in [0.2, 0.25) is 11.8 Å². The maximum Gasteiger partial charge on any atom is 0.233 e. The molecule has 3 unspecified atom stereocenters. The molecule has 0 radical (unpaired) electrons. The van der Waals surface area contributed by atoms with Gasteiger partial charge in [0.15, 0.2) is 0 Å². The van der Waals surface area contributed by atoms with E-state index in [0.717, 1.165) is 12.0 Å². The zero-order valence-electron chi connectivity index (χ0n) is 10.6. The summed E-state index contributed by atoms with van der Waals surface area (Å²) >= 11 is 0. The molecule has 0 spiro atoms. The van der Waals surface area contributed by atoms with E-state index in [0.29, 0.717) is 23.2 Å². The molecule has 1 aliphatic heterocycles. The normalized spacial score (nSPS) is 26.8. The second kappa shape index (κ2) is 4.35. The van der Waals surface area contributed by atoms with Gasteiger partial charge in [-0.2, -0.15) is 0 Å². The maximum absolute atomic E-state index is 11.5. The fraction of sp³-hybridized carbons (Fsp3) is 0.429. The highest BCUT2D eigenvalue weighted by Crippen LogP contribution is 2.47. The van der Waals surface area contributed by atoms with E-state index in [2.05, 4.69) is 17.6 Å². The summed E-state index contributed by atoms with van der Waals surface area (Å²) in [5, 5.41) is 15.6. The van der Waals surface area contributed by atoms with Gasteiger partial charge in [-0.05, 0) is 36.0 Å². The minimum atomic E-state index is -0.504. The van der Waals surface area contributed by atoms with Gasteiger partial charge >= 0.3 is 0 Å². The zero-order valence-corrected chi connectivity index (χ0v) is 10.6. The number of fused-ring (bicyclic) bond motifs is 1. The Hall–Kier alpha value is -1.88. The Morgan fingerprint density at radius 2 is 1.84 bits per heavy atom. The van der Waals surface area contributed by atoms with Gasteiger partial charge in [0.25, 0.3) is 0 Å². The number of carbonyl (C=O) groups is 2. The van der Waals surface area contributed by atoms with Crippen LogP contribution in [0, 0.1) is 11.8 Å². The van der Waals surface area contributed by atoms with Gasteiger partial charge in [-0.25, -0.2) is 0 Å². The number of amides is 2. The van der Waals surface area contributed by atoms with Crippen LogP contribution in [0.2, 0.25) is 0 Å². The van der Waals surface area contributed by atoms with Gasteiger partial charge in [0.05, 0.1) is 17.5 Å². The molecule has 3 atom stereocenters. The van der Waals surface area contributed by atoms with E-state index in [1.807, 2.05) is 0 Å². The standard InChI is InChI=1S/C14H16N2O3/c1-7-4-9(7)14(19)8-2-3-10-11(5-8)16-13(18)6-12(17)15-10/h2-3,5,7,9,14,19H,4,6H2,1H3,(H,15,17)(H,16,18). The molecule has 0 aromatic heterocycles. The number of carbonyl (C=O) groups excluding carboxylic acids is 2. The first-order valence-electron chi connectivity index (χ1n) is 6.46. The molecule has 5 heteroatoms. The quantitative estimate of drug-likeness (QED) is 0.707. The maximum atomic E-state index is 11.5. The van der Waals surface area contributed by atoms with Crippen molar-refractivity contribution in [2.45, 2.75) is 25.9 Å². The van der Waals surface area contributed by atoms with Gasteiger partial charge in [0, 0.05) is 0 Å². The van der Waals surface area contributed by atoms with E-state index >= 15 is 0 Å². The van der Waals surface area contributed by atoms with Crippen molar-refractivity contribution in [3.8, 4) is 0 Å². The molecular weight excluding hydrogens is 244 g/mol. The van der Waals surface area contributed by atoms with Crippen LogP contribution in [0.1, 0.15) is 31.4 Å². The molecule has 1 aliphatic carbocycles. The van der Waals surface area contributed by atoms with Crippen LogP contribution in [-0.4, -0.2) is 16.9 Å². The van der Waals surface area contributed by atoms with E-state index in [-0.39, 0.29) is 18.2 Å². The third kappa shape index (κ3) is 2.33. The highest BCUT2D eigenvalue weighted by atomic mass is 16.3. The van der Waals surface area contributed by atoms with Gasteiger partial charge in [-0.1, -0.05) is 13.0 Å². The molecule has 0 bridgehead atoms. The van der Waals surface area contributed by atoms with Crippen molar-refractivity contribution in [1.82, 2.24) is 0 Å². The lowest BCUT2D eigenvalue weighted by atomic mass is 10.0. The van der Waals surface area contributed by atoms with E-state index < -0.39 is 6.10 Å². The van der Waals surface area contributed by atoms with Crippen molar-refractivity contribution in [3.05, 3.63) is 23.8 Å². The Morgan fingerprint density at radius 1 is 1.21 bits per heavy atom. The van der Waals surface area contributed by atoms with E-state index in [1.165, 1.54) is 0 Å². The Morgan fingerprint density at radius 3 is 2.47 bits per heavy atom. The smallest absolute Gasteiger partial charge is 0.233 e. The number of aliphatic hydroxyl groups excluding tert-OH is 1. The van der Waals surface area contributed by atoms with Crippen LogP contribution < -0.4 is 10.6 Å². The summed E-state index contributed by atoms with van der Waals surface area (Å²) in [5.74, 6) is 0.195. The third-order valence-electron chi connectivity index (χ3n) is 3.83. The summed E-state index contributed by atoms with van der Waals surface area (Å²) in [5.41, 5.74) is 1.92. The Balaban J connectivity index is 1.90. The third-order valence-corrected chi connectivity index (χ3v) is 3.83. The number of anilines is 2. The van der Waals surface area contributed by atoms with Crippen LogP contribution >= 0.6 is 0 Å². The summed E-state index contributed by atoms with van der Waals surface area (Å²) in [6.45, 7) is 2.11. The lowest BCUT2D eigenvalue weighted by Crippen LogP contribution is -2.16. The lowest BCUT2D eigenvalue weighted by molar-refractivity contribution is -0.123. The minimum absolute atomic E-state index is 0.174. The summed E-state index contributed by atoms with van der Waals surface area (Å²) < 4.78 is 0. The van der Waals surface area contributed by atoms with Crippen LogP contribution in [0.4, 0.5) is 11.4 Å². The number of rotatable bonds is 2. The molecular formula is C14H16N2O3. The Kier molecular flexibility index (Phi) is 2.78. The highest BCUT2D eigenvalue weighted by Gasteiger charge is 2.39. The second-order valence-electron chi connectivity index (χ2n) is 5.40. The second-order valence-corrected chi connectivity index (χ2v) is 5.40. The van der Waals surface area contributed by atoms with Crippen molar-refractivity contribution >= 4 is 23.2 Å². The van der Waals surface area contributed by atoms with Gasteiger partial charge in [-0.15, -0.1) is 0 Å². The van der Waals surface area contributed by atoms with Crippen molar-refractivity contribution in [3.63, 3.8) is 0 Å². The number of hydrogen-bond donors (Lipinski definition) is 3. The van der Waals surface area contributed by atoms with E-state index in [1.54, 1.807) is 18.2 Å². The van der Waals surface area contributed by atoms with E-state index in [9.17, 15) is 14.7 Å². The zero-order chi connectivity index (χ0) is 13.6. The van der Waals surface area contributed by atoms with Crippen molar-refractivity contribution in [1.29, 1.82) is 0 Å². The van der Waals surface area contributed by atoms with Crippen molar-refractivity contribution in [2.75, 3.05) is 10.6 Å². The molecule has 3 N–H and O–H groups in total. The van der Waals surface area contributed by atoms with Crippen LogP contribution in [-0.2, 0) is 9.59 Å². The molecule has 1 fully saturated rings. The fourth-order valence-electron chi connectivity index (χ4n) is 2.53. The molecule has 2 amide bonds. The molecule has 2 aliphatic rings. The van der Waals surface area contributed by atoms with Crippen molar-refractivity contribution < 1.29 is 14.7 Å². The predicted molar refractivity (Wildman–Crippen MR) is 70.5 cm³/mol. The molecule has 1 heterocycles. The van der Waals surface area contributed by atoms with Crippen molar-refractivity contribution in [2.24, 2.45) is 11.8 Å². The predicted octanol–water partition coefficient (Wildman–Crippen LogP) is 1.66. The van der Waals surface area contributed by atoms with Crippen LogP contribution in [0.25, 0.3) is 0 Å². The summed E-state index contributed by atoms with van der Waals surface area (Å²) in [7, 11) is 0. The Bertz CT molecular complexity index is 556. The highest BCUT2D eigenvalue weighted by molar-refractivity contribution is 6.13. The molecule has 19 heavy (non-hydrogen) atoms. The topological polar surface area (TPSA) is 78.4 Å². The van der Waals surface area contributed by atoms with Gasteiger partial charge in [-0.3, -0.25) is 9.59 Å². The average molecular weight is 260 g/mol. The number of hydrogen-bond acceptors (Lipinski definition) is 3. The lowest BCUT2D eigenvalue weighted by Gasteiger charge is -2.14. The average Bonchev–Trinajstić information content (AvgIpc) is 3.08. The summed E-state index contributed by atoms with van der Waals surface area (Å²) in [6.07, 6.45) is 0.351. The molecule has 0 saturated heterocycles. The molecule has 1 aromatic rings. The molecule has 1 aromatic carbocycles. The van der Waals surface area contributed by atoms with E-state index in [4.69, 9.17) is 0 Å².